The Morgan fingerprint density at radius 2 is 2.00 bits per heavy atom. The van der Waals surface area contributed by atoms with E-state index in [0.29, 0.717) is 18.6 Å². The third kappa shape index (κ3) is 5.19. The first-order chi connectivity index (χ1) is 8.17. The Morgan fingerprint density at radius 3 is 2.53 bits per heavy atom. The summed E-state index contributed by atoms with van der Waals surface area (Å²) in [5.41, 5.74) is 0. The topological polar surface area (TPSA) is 43.7 Å². The van der Waals surface area contributed by atoms with Crippen molar-refractivity contribution in [2.75, 3.05) is 20.2 Å². The van der Waals surface area contributed by atoms with Crippen LogP contribution in [0.2, 0.25) is 0 Å². The average Bonchev–Trinajstić information content (AvgIpc) is 2.36. The first kappa shape index (κ1) is 14.7. The second kappa shape index (κ2) is 7.85. The summed E-state index contributed by atoms with van der Waals surface area (Å²) >= 11 is 0. The van der Waals surface area contributed by atoms with Gasteiger partial charge in [0.25, 0.3) is 0 Å². The lowest BCUT2D eigenvalue weighted by molar-refractivity contribution is 0.0726. The van der Waals surface area contributed by atoms with Crippen LogP contribution in [0.25, 0.3) is 0 Å². The maximum atomic E-state index is 9.85. The van der Waals surface area contributed by atoms with Crippen LogP contribution in [-0.4, -0.2) is 47.5 Å². The van der Waals surface area contributed by atoms with Gasteiger partial charge in [-0.25, -0.2) is 0 Å². The molecule has 0 aromatic carbocycles. The van der Waals surface area contributed by atoms with Gasteiger partial charge in [0.2, 0.25) is 0 Å². The van der Waals surface area contributed by atoms with E-state index in [1.165, 1.54) is 0 Å². The van der Waals surface area contributed by atoms with Crippen molar-refractivity contribution in [3.05, 3.63) is 12.7 Å². The monoisotopic (exact) mass is 241 g/mol. The molecule has 0 radical (unpaired) electrons. The quantitative estimate of drug-likeness (QED) is 0.668. The third-order valence-electron chi connectivity index (χ3n) is 3.90. The first-order valence-corrected chi connectivity index (χ1v) is 6.77. The maximum Gasteiger partial charge on any atom is 0.0670 e. The minimum atomic E-state index is -0.242. The molecule has 3 heteroatoms. The molecule has 1 aliphatic carbocycles. The average molecular weight is 241 g/mol. The third-order valence-corrected chi connectivity index (χ3v) is 3.90. The molecule has 2 N–H and O–H groups in total. The summed E-state index contributed by atoms with van der Waals surface area (Å²) in [4.78, 5) is 2.28. The van der Waals surface area contributed by atoms with E-state index in [-0.39, 0.29) is 6.10 Å². The van der Waals surface area contributed by atoms with Crippen LogP contribution in [0, 0.1) is 5.92 Å². The minimum absolute atomic E-state index is 0.242. The van der Waals surface area contributed by atoms with Gasteiger partial charge in [-0.15, -0.1) is 6.58 Å². The summed E-state index contributed by atoms with van der Waals surface area (Å²) in [6.07, 6.45) is 7.84. The van der Waals surface area contributed by atoms with Crippen LogP contribution in [0.3, 0.4) is 0 Å². The molecule has 0 saturated heterocycles. The Morgan fingerprint density at radius 1 is 1.35 bits per heavy atom. The summed E-state index contributed by atoms with van der Waals surface area (Å²) in [5, 5.41) is 18.9. The van der Waals surface area contributed by atoms with Crippen molar-refractivity contribution < 1.29 is 10.2 Å². The van der Waals surface area contributed by atoms with Gasteiger partial charge >= 0.3 is 0 Å². The van der Waals surface area contributed by atoms with E-state index in [1.54, 1.807) is 0 Å². The molecule has 0 spiro atoms. The van der Waals surface area contributed by atoms with Crippen molar-refractivity contribution in [2.24, 2.45) is 5.92 Å². The lowest BCUT2D eigenvalue weighted by Crippen LogP contribution is -2.40. The van der Waals surface area contributed by atoms with Crippen LogP contribution in [-0.2, 0) is 0 Å². The number of hydrogen-bond acceptors (Lipinski definition) is 3. The Hall–Kier alpha value is -0.380. The lowest BCUT2D eigenvalue weighted by Gasteiger charge is -2.35. The molecule has 1 unspecified atom stereocenters. The van der Waals surface area contributed by atoms with Crippen molar-refractivity contribution >= 4 is 0 Å². The van der Waals surface area contributed by atoms with E-state index >= 15 is 0 Å². The van der Waals surface area contributed by atoms with Gasteiger partial charge < -0.3 is 15.1 Å². The van der Waals surface area contributed by atoms with Gasteiger partial charge in [0.15, 0.2) is 0 Å². The summed E-state index contributed by atoms with van der Waals surface area (Å²) in [6, 6.07) is 0.580. The Bertz CT molecular complexity index is 212. The van der Waals surface area contributed by atoms with Gasteiger partial charge in [0.1, 0.15) is 0 Å². The number of likely N-dealkylation sites (N-methyl/N-ethyl adjacent to an activating group) is 1. The largest absolute Gasteiger partial charge is 0.396 e. The van der Waals surface area contributed by atoms with E-state index in [4.69, 9.17) is 5.11 Å². The van der Waals surface area contributed by atoms with E-state index < -0.39 is 0 Å². The van der Waals surface area contributed by atoms with Gasteiger partial charge in [0, 0.05) is 19.2 Å². The molecule has 17 heavy (non-hydrogen) atoms. The van der Waals surface area contributed by atoms with Crippen LogP contribution in [0.4, 0.5) is 0 Å². The summed E-state index contributed by atoms with van der Waals surface area (Å²) in [5.74, 6) is 0.505. The Labute approximate surface area is 105 Å². The summed E-state index contributed by atoms with van der Waals surface area (Å²) < 4.78 is 0. The van der Waals surface area contributed by atoms with Crippen LogP contribution in [0.5, 0.6) is 0 Å². The SMILES string of the molecule is C=CCCC(O)CN(C)C1CCC(CO)CC1. The molecule has 0 aliphatic heterocycles. The molecule has 1 atom stereocenters. The zero-order valence-corrected chi connectivity index (χ0v) is 11.0. The molecule has 0 amide bonds. The Kier molecular flexibility index (Phi) is 6.78. The zero-order valence-electron chi connectivity index (χ0n) is 11.0. The lowest BCUT2D eigenvalue weighted by atomic mass is 9.86. The highest BCUT2D eigenvalue weighted by atomic mass is 16.3. The molecule has 1 rings (SSSR count). The highest BCUT2D eigenvalue weighted by Gasteiger charge is 2.24. The normalized spacial score (nSPS) is 27.1. The molecule has 0 bridgehead atoms. The predicted octanol–water partition coefficient (Wildman–Crippen LogP) is 1.80. The highest BCUT2D eigenvalue weighted by Crippen LogP contribution is 2.26. The van der Waals surface area contributed by atoms with Crippen LogP contribution in [0.15, 0.2) is 12.7 Å². The number of aliphatic hydroxyl groups excluding tert-OH is 2. The molecular formula is C14H27NO2. The van der Waals surface area contributed by atoms with E-state index in [1.807, 2.05) is 6.08 Å². The first-order valence-electron chi connectivity index (χ1n) is 6.77. The van der Waals surface area contributed by atoms with E-state index in [9.17, 15) is 5.11 Å². The van der Waals surface area contributed by atoms with E-state index in [0.717, 1.165) is 45.1 Å². The second-order valence-electron chi connectivity index (χ2n) is 5.32. The molecular weight excluding hydrogens is 214 g/mol. The van der Waals surface area contributed by atoms with Crippen LogP contribution < -0.4 is 0 Å². The van der Waals surface area contributed by atoms with Crippen molar-refractivity contribution in [3.63, 3.8) is 0 Å². The van der Waals surface area contributed by atoms with Gasteiger partial charge in [-0.3, -0.25) is 0 Å². The smallest absolute Gasteiger partial charge is 0.0670 e. The van der Waals surface area contributed by atoms with E-state index in [2.05, 4.69) is 18.5 Å². The van der Waals surface area contributed by atoms with Gasteiger partial charge in [-0.05, 0) is 51.5 Å². The number of hydrogen-bond donors (Lipinski definition) is 2. The second-order valence-corrected chi connectivity index (χ2v) is 5.32. The molecule has 1 aliphatic rings. The highest BCUT2D eigenvalue weighted by molar-refractivity contribution is 4.79. The molecule has 1 saturated carbocycles. The Balaban J connectivity index is 2.23. The van der Waals surface area contributed by atoms with Gasteiger partial charge in [-0.1, -0.05) is 6.08 Å². The molecule has 100 valence electrons. The predicted molar refractivity (Wildman–Crippen MR) is 70.9 cm³/mol. The molecule has 1 fully saturated rings. The van der Waals surface area contributed by atoms with Crippen LogP contribution in [0.1, 0.15) is 38.5 Å². The minimum Gasteiger partial charge on any atom is -0.396 e. The summed E-state index contributed by atoms with van der Waals surface area (Å²) in [6.45, 7) is 4.75. The number of aliphatic hydroxyl groups is 2. The maximum absolute atomic E-state index is 9.85. The molecule has 0 aromatic heterocycles. The fourth-order valence-corrected chi connectivity index (χ4v) is 2.65. The van der Waals surface area contributed by atoms with Gasteiger partial charge in [0.05, 0.1) is 6.10 Å². The summed E-state index contributed by atoms with van der Waals surface area (Å²) in [7, 11) is 2.10. The standard InChI is InChI=1S/C14H27NO2/c1-3-4-5-14(17)10-15(2)13-8-6-12(11-16)7-9-13/h3,12-14,16-17H,1,4-11H2,2H3. The van der Waals surface area contributed by atoms with Crippen molar-refractivity contribution in [1.29, 1.82) is 0 Å². The molecule has 3 nitrogen and oxygen atoms in total. The van der Waals surface area contributed by atoms with Crippen LogP contribution >= 0.6 is 0 Å². The van der Waals surface area contributed by atoms with Crippen molar-refractivity contribution in [2.45, 2.75) is 50.7 Å². The number of allylic oxidation sites excluding steroid dienone is 1. The van der Waals surface area contributed by atoms with Gasteiger partial charge in [-0.2, -0.15) is 0 Å². The fourth-order valence-electron chi connectivity index (χ4n) is 2.65. The fraction of sp³-hybridized carbons (Fsp3) is 0.857. The zero-order chi connectivity index (χ0) is 12.7. The number of rotatable bonds is 7. The molecule has 0 aromatic rings. The molecule has 0 heterocycles. The van der Waals surface area contributed by atoms with Crippen molar-refractivity contribution in [1.82, 2.24) is 4.90 Å². The number of nitrogens with zero attached hydrogens (tertiary/aromatic N) is 1. The van der Waals surface area contributed by atoms with Crippen molar-refractivity contribution in [3.8, 4) is 0 Å².